The van der Waals surface area contributed by atoms with E-state index in [0.29, 0.717) is 18.0 Å². The van der Waals surface area contributed by atoms with Gasteiger partial charge in [-0.2, -0.15) is 5.10 Å². The van der Waals surface area contributed by atoms with Crippen LogP contribution in [0.1, 0.15) is 31.9 Å². The summed E-state index contributed by atoms with van der Waals surface area (Å²) in [7, 11) is 0. The Hall–Kier alpha value is -0.870. The van der Waals surface area contributed by atoms with Gasteiger partial charge in [-0.15, -0.1) is 0 Å². The van der Waals surface area contributed by atoms with Crippen LogP contribution in [0.15, 0.2) is 12.4 Å². The lowest BCUT2D eigenvalue weighted by molar-refractivity contribution is 0.286. The summed E-state index contributed by atoms with van der Waals surface area (Å²) in [5.41, 5.74) is 7.25. The average molecular weight is 208 g/mol. The molecule has 1 aliphatic rings. The first kappa shape index (κ1) is 10.6. The Balaban J connectivity index is 2.05. The fraction of sp³-hybridized carbons (Fsp3) is 0.727. The van der Waals surface area contributed by atoms with E-state index < -0.39 is 0 Å². The Morgan fingerprint density at radius 2 is 2.47 bits per heavy atom. The summed E-state index contributed by atoms with van der Waals surface area (Å²) in [5, 5.41) is 7.77. The summed E-state index contributed by atoms with van der Waals surface area (Å²) >= 11 is 0. The first-order chi connectivity index (χ1) is 7.20. The van der Waals surface area contributed by atoms with Crippen LogP contribution in [-0.4, -0.2) is 22.4 Å². The predicted molar refractivity (Wildman–Crippen MR) is 60.4 cm³/mol. The number of hydrogen-bond donors (Lipinski definition) is 2. The van der Waals surface area contributed by atoms with E-state index in [2.05, 4.69) is 30.5 Å². The zero-order valence-electron chi connectivity index (χ0n) is 9.48. The van der Waals surface area contributed by atoms with Gasteiger partial charge in [-0.25, -0.2) is 0 Å². The summed E-state index contributed by atoms with van der Waals surface area (Å²) < 4.78 is 1.97. The number of aromatic nitrogens is 2. The van der Waals surface area contributed by atoms with Crippen LogP contribution in [0.4, 0.5) is 0 Å². The first-order valence-corrected chi connectivity index (χ1v) is 5.72. The third kappa shape index (κ3) is 2.21. The number of piperidine rings is 1. The molecule has 3 unspecified atom stereocenters. The number of nitrogens with two attached hydrogens (primary N) is 1. The fourth-order valence-electron chi connectivity index (χ4n) is 2.10. The van der Waals surface area contributed by atoms with Crippen molar-refractivity contribution in [1.82, 2.24) is 15.1 Å². The molecule has 4 heteroatoms. The van der Waals surface area contributed by atoms with Crippen LogP contribution in [0.25, 0.3) is 0 Å². The molecule has 3 atom stereocenters. The molecule has 0 aromatic carbocycles. The zero-order chi connectivity index (χ0) is 10.8. The second kappa shape index (κ2) is 4.33. The van der Waals surface area contributed by atoms with E-state index in [9.17, 15) is 0 Å². The normalized spacial score (nSPS) is 31.8. The van der Waals surface area contributed by atoms with Gasteiger partial charge in [-0.05, 0) is 19.3 Å². The Labute approximate surface area is 90.8 Å². The van der Waals surface area contributed by atoms with Gasteiger partial charge in [0, 0.05) is 36.9 Å². The maximum absolute atomic E-state index is 5.97. The van der Waals surface area contributed by atoms with Crippen molar-refractivity contribution in [2.75, 3.05) is 6.54 Å². The molecule has 2 heterocycles. The van der Waals surface area contributed by atoms with E-state index >= 15 is 0 Å². The second-order valence-corrected chi connectivity index (χ2v) is 4.47. The van der Waals surface area contributed by atoms with Crippen LogP contribution >= 0.6 is 0 Å². The summed E-state index contributed by atoms with van der Waals surface area (Å²) in [6.45, 7) is 6.16. The van der Waals surface area contributed by atoms with Crippen molar-refractivity contribution in [2.24, 2.45) is 11.7 Å². The maximum atomic E-state index is 5.97. The monoisotopic (exact) mass is 208 g/mol. The molecule has 0 radical (unpaired) electrons. The molecule has 1 fully saturated rings. The second-order valence-electron chi connectivity index (χ2n) is 4.47. The molecule has 0 aliphatic carbocycles. The predicted octanol–water partition coefficient (Wildman–Crippen LogP) is 0.901. The van der Waals surface area contributed by atoms with Crippen molar-refractivity contribution >= 4 is 0 Å². The van der Waals surface area contributed by atoms with Crippen LogP contribution in [0.3, 0.4) is 0 Å². The Bertz CT molecular complexity index is 320. The standard InChI is InChI=1S/C11H20N4/c1-3-15-7-9(5-14-15)11-4-8(2)10(12)6-13-11/h5,7-8,10-11,13H,3-4,6,12H2,1-2H3. The molecule has 0 spiro atoms. The van der Waals surface area contributed by atoms with E-state index in [4.69, 9.17) is 5.73 Å². The molecule has 15 heavy (non-hydrogen) atoms. The number of hydrogen-bond acceptors (Lipinski definition) is 3. The van der Waals surface area contributed by atoms with Crippen LogP contribution < -0.4 is 11.1 Å². The number of rotatable bonds is 2. The van der Waals surface area contributed by atoms with Gasteiger partial charge in [0.15, 0.2) is 0 Å². The van der Waals surface area contributed by atoms with Crippen molar-refractivity contribution in [1.29, 1.82) is 0 Å². The summed E-state index contributed by atoms with van der Waals surface area (Å²) in [4.78, 5) is 0. The number of aryl methyl sites for hydroxylation is 1. The minimum Gasteiger partial charge on any atom is -0.326 e. The summed E-state index contributed by atoms with van der Waals surface area (Å²) in [6, 6.07) is 0.725. The topological polar surface area (TPSA) is 55.9 Å². The van der Waals surface area contributed by atoms with Crippen molar-refractivity contribution in [2.45, 2.75) is 38.9 Å². The molecular weight excluding hydrogens is 188 g/mol. The minimum atomic E-state index is 0.294. The fourth-order valence-corrected chi connectivity index (χ4v) is 2.10. The zero-order valence-corrected chi connectivity index (χ0v) is 9.48. The SMILES string of the molecule is CCn1cc(C2CC(C)C(N)CN2)cn1. The Kier molecular flexibility index (Phi) is 3.07. The lowest BCUT2D eigenvalue weighted by Crippen LogP contribution is -2.46. The first-order valence-electron chi connectivity index (χ1n) is 5.72. The maximum Gasteiger partial charge on any atom is 0.0537 e. The van der Waals surface area contributed by atoms with E-state index in [1.807, 2.05) is 10.9 Å². The molecule has 2 rings (SSSR count). The highest BCUT2D eigenvalue weighted by Gasteiger charge is 2.25. The highest BCUT2D eigenvalue weighted by molar-refractivity contribution is 5.12. The van der Waals surface area contributed by atoms with Crippen molar-refractivity contribution in [3.63, 3.8) is 0 Å². The molecule has 3 N–H and O–H groups in total. The molecule has 1 aliphatic heterocycles. The third-order valence-corrected chi connectivity index (χ3v) is 3.32. The van der Waals surface area contributed by atoms with Gasteiger partial charge < -0.3 is 11.1 Å². The van der Waals surface area contributed by atoms with Crippen LogP contribution in [0.5, 0.6) is 0 Å². The molecule has 1 aromatic heterocycles. The number of nitrogens with one attached hydrogen (secondary N) is 1. The van der Waals surface area contributed by atoms with E-state index in [-0.39, 0.29) is 0 Å². The molecule has 0 amide bonds. The molecule has 84 valence electrons. The van der Waals surface area contributed by atoms with Crippen molar-refractivity contribution < 1.29 is 0 Å². The largest absolute Gasteiger partial charge is 0.326 e. The van der Waals surface area contributed by atoms with Gasteiger partial charge in [-0.3, -0.25) is 4.68 Å². The summed E-state index contributed by atoms with van der Waals surface area (Å²) in [5.74, 6) is 0.584. The van der Waals surface area contributed by atoms with E-state index in [1.54, 1.807) is 0 Å². The lowest BCUT2D eigenvalue weighted by Gasteiger charge is -2.32. The molecule has 4 nitrogen and oxygen atoms in total. The van der Waals surface area contributed by atoms with Crippen LogP contribution in [0.2, 0.25) is 0 Å². The van der Waals surface area contributed by atoms with E-state index in [0.717, 1.165) is 19.5 Å². The van der Waals surface area contributed by atoms with Gasteiger partial charge in [0.2, 0.25) is 0 Å². The van der Waals surface area contributed by atoms with Crippen molar-refractivity contribution in [3.05, 3.63) is 18.0 Å². The molecule has 1 saturated heterocycles. The minimum absolute atomic E-state index is 0.294. The van der Waals surface area contributed by atoms with Gasteiger partial charge >= 0.3 is 0 Å². The van der Waals surface area contributed by atoms with Gasteiger partial charge in [0.25, 0.3) is 0 Å². The van der Waals surface area contributed by atoms with Crippen LogP contribution in [0, 0.1) is 5.92 Å². The quantitative estimate of drug-likeness (QED) is 0.759. The lowest BCUT2D eigenvalue weighted by atomic mass is 9.88. The highest BCUT2D eigenvalue weighted by Crippen LogP contribution is 2.25. The molecular formula is C11H20N4. The van der Waals surface area contributed by atoms with E-state index in [1.165, 1.54) is 5.56 Å². The Morgan fingerprint density at radius 1 is 1.67 bits per heavy atom. The van der Waals surface area contributed by atoms with Gasteiger partial charge in [0.05, 0.1) is 6.20 Å². The van der Waals surface area contributed by atoms with Gasteiger partial charge in [0.1, 0.15) is 0 Å². The number of nitrogens with zero attached hydrogens (tertiary/aromatic N) is 2. The Morgan fingerprint density at radius 3 is 3.07 bits per heavy atom. The third-order valence-electron chi connectivity index (χ3n) is 3.32. The van der Waals surface area contributed by atoms with Crippen LogP contribution in [-0.2, 0) is 6.54 Å². The van der Waals surface area contributed by atoms with Gasteiger partial charge in [-0.1, -0.05) is 6.92 Å². The smallest absolute Gasteiger partial charge is 0.0537 e. The molecule has 0 saturated carbocycles. The van der Waals surface area contributed by atoms with Crippen molar-refractivity contribution in [3.8, 4) is 0 Å². The highest BCUT2D eigenvalue weighted by atomic mass is 15.3. The molecule has 0 bridgehead atoms. The summed E-state index contributed by atoms with van der Waals surface area (Å²) in [6.07, 6.45) is 5.20. The average Bonchev–Trinajstić information content (AvgIpc) is 2.70. The molecule has 1 aromatic rings.